The van der Waals surface area contributed by atoms with Crippen molar-refractivity contribution in [2.45, 2.75) is 20.0 Å². The molecule has 0 amide bonds. The van der Waals surface area contributed by atoms with E-state index in [0.717, 1.165) is 6.07 Å². The number of carbonyl (C=O) groups is 1. The molecule has 4 heteroatoms. The molecule has 0 saturated heterocycles. The maximum Gasteiger partial charge on any atom is 0.190 e. The second-order valence-electron chi connectivity index (χ2n) is 3.41. The van der Waals surface area contributed by atoms with Crippen molar-refractivity contribution in [2.75, 3.05) is 6.61 Å². The van der Waals surface area contributed by atoms with E-state index in [1.807, 2.05) is 13.8 Å². The van der Waals surface area contributed by atoms with Crippen LogP contribution in [0.15, 0.2) is 18.2 Å². The van der Waals surface area contributed by atoms with Crippen molar-refractivity contribution in [1.29, 1.82) is 0 Å². The Morgan fingerprint density at radius 1 is 1.53 bits per heavy atom. The Morgan fingerprint density at radius 2 is 2.20 bits per heavy atom. The zero-order valence-corrected chi connectivity index (χ0v) is 9.34. The molecule has 0 aromatic heterocycles. The Morgan fingerprint density at radius 3 is 2.80 bits per heavy atom. The van der Waals surface area contributed by atoms with E-state index < -0.39 is 5.82 Å². The minimum absolute atomic E-state index is 0.0405. The first-order valence-corrected chi connectivity index (χ1v) is 4.98. The minimum atomic E-state index is -0.479. The highest BCUT2D eigenvalue weighted by atomic mass is 35.5. The maximum absolute atomic E-state index is 12.9. The van der Waals surface area contributed by atoms with Crippen molar-refractivity contribution in [3.05, 3.63) is 34.6 Å². The normalized spacial score (nSPS) is 10.7. The molecule has 0 radical (unpaired) electrons. The monoisotopic (exact) mass is 230 g/mol. The molecule has 0 spiro atoms. The van der Waals surface area contributed by atoms with Crippen LogP contribution in [0.3, 0.4) is 0 Å². The molecular formula is C11H12ClFO2. The van der Waals surface area contributed by atoms with Gasteiger partial charge < -0.3 is 4.74 Å². The number of Topliss-reactive ketones (excluding diaryl/α,β-unsaturated/α-hetero) is 1. The Balaban J connectivity index is 2.77. The molecule has 0 fully saturated rings. The zero-order valence-electron chi connectivity index (χ0n) is 8.59. The summed E-state index contributed by atoms with van der Waals surface area (Å²) in [4.78, 5) is 11.5. The Bertz CT molecular complexity index is 364. The zero-order chi connectivity index (χ0) is 11.4. The molecular weight excluding hydrogens is 219 g/mol. The number of hydrogen-bond donors (Lipinski definition) is 0. The van der Waals surface area contributed by atoms with Gasteiger partial charge in [0.2, 0.25) is 0 Å². The third kappa shape index (κ3) is 3.61. The second-order valence-corrected chi connectivity index (χ2v) is 3.81. The standard InChI is InChI=1S/C11H12ClFO2/c1-7(2)15-6-11(14)9-5-8(13)3-4-10(9)12/h3-5,7H,6H2,1-2H3. The molecule has 82 valence electrons. The van der Waals surface area contributed by atoms with Crippen LogP contribution in [0, 0.1) is 5.82 Å². The third-order valence-corrected chi connectivity index (χ3v) is 2.11. The van der Waals surface area contributed by atoms with E-state index in [1.54, 1.807) is 0 Å². The van der Waals surface area contributed by atoms with Crippen LogP contribution in [0.4, 0.5) is 4.39 Å². The summed E-state index contributed by atoms with van der Waals surface area (Å²) in [6.07, 6.45) is -0.0405. The molecule has 2 nitrogen and oxygen atoms in total. The minimum Gasteiger partial charge on any atom is -0.371 e. The molecule has 1 aromatic rings. The summed E-state index contributed by atoms with van der Waals surface area (Å²) in [6, 6.07) is 3.69. The fourth-order valence-corrected chi connectivity index (χ4v) is 1.25. The predicted molar refractivity (Wildman–Crippen MR) is 56.8 cm³/mol. The third-order valence-electron chi connectivity index (χ3n) is 1.78. The number of ketones is 1. The number of benzene rings is 1. The van der Waals surface area contributed by atoms with Gasteiger partial charge in [-0.25, -0.2) is 4.39 Å². The summed E-state index contributed by atoms with van der Waals surface area (Å²) in [5, 5.41) is 0.244. The number of hydrogen-bond acceptors (Lipinski definition) is 2. The average Bonchev–Trinajstić information content (AvgIpc) is 2.18. The van der Waals surface area contributed by atoms with Gasteiger partial charge in [-0.3, -0.25) is 4.79 Å². The maximum atomic E-state index is 12.9. The van der Waals surface area contributed by atoms with E-state index in [0.29, 0.717) is 0 Å². The molecule has 0 aliphatic carbocycles. The number of rotatable bonds is 4. The first-order valence-electron chi connectivity index (χ1n) is 4.60. The molecule has 0 saturated carbocycles. The van der Waals surface area contributed by atoms with Gasteiger partial charge in [0.15, 0.2) is 5.78 Å². The van der Waals surface area contributed by atoms with Crippen molar-refractivity contribution in [3.8, 4) is 0 Å². The smallest absolute Gasteiger partial charge is 0.190 e. The van der Waals surface area contributed by atoms with Crippen LogP contribution in [0.1, 0.15) is 24.2 Å². The quantitative estimate of drug-likeness (QED) is 0.743. The van der Waals surface area contributed by atoms with Crippen molar-refractivity contribution in [3.63, 3.8) is 0 Å². The van der Waals surface area contributed by atoms with Crippen molar-refractivity contribution in [2.24, 2.45) is 0 Å². The van der Waals surface area contributed by atoms with E-state index in [9.17, 15) is 9.18 Å². The summed E-state index contributed by atoms with van der Waals surface area (Å²) in [7, 11) is 0. The topological polar surface area (TPSA) is 26.3 Å². The highest BCUT2D eigenvalue weighted by molar-refractivity contribution is 6.34. The summed E-state index contributed by atoms with van der Waals surface area (Å²) in [6.45, 7) is 3.56. The molecule has 0 aliphatic rings. The summed E-state index contributed by atoms with van der Waals surface area (Å²) >= 11 is 5.76. The molecule has 0 N–H and O–H groups in total. The van der Waals surface area contributed by atoms with Gasteiger partial charge in [-0.05, 0) is 32.0 Å². The van der Waals surface area contributed by atoms with Crippen LogP contribution < -0.4 is 0 Å². The van der Waals surface area contributed by atoms with Gasteiger partial charge in [0, 0.05) is 5.56 Å². The molecule has 0 bridgehead atoms. The van der Waals surface area contributed by atoms with E-state index >= 15 is 0 Å². The van der Waals surface area contributed by atoms with Gasteiger partial charge in [-0.1, -0.05) is 11.6 Å². The summed E-state index contributed by atoms with van der Waals surface area (Å²) in [5.74, 6) is -0.791. The van der Waals surface area contributed by atoms with Crippen LogP contribution in [0.25, 0.3) is 0 Å². The SMILES string of the molecule is CC(C)OCC(=O)c1cc(F)ccc1Cl. The average molecular weight is 231 g/mol. The van der Waals surface area contributed by atoms with Crippen LogP contribution in [-0.4, -0.2) is 18.5 Å². The Hall–Kier alpha value is -0.930. The molecule has 0 unspecified atom stereocenters. The molecule has 0 atom stereocenters. The molecule has 0 aliphatic heterocycles. The van der Waals surface area contributed by atoms with Crippen LogP contribution in [0.2, 0.25) is 5.02 Å². The lowest BCUT2D eigenvalue weighted by atomic mass is 10.1. The van der Waals surface area contributed by atoms with Crippen molar-refractivity contribution < 1.29 is 13.9 Å². The van der Waals surface area contributed by atoms with E-state index in [1.165, 1.54) is 12.1 Å². The highest BCUT2D eigenvalue weighted by Crippen LogP contribution is 2.17. The summed E-state index contributed by atoms with van der Waals surface area (Å²) in [5.41, 5.74) is 0.164. The lowest BCUT2D eigenvalue weighted by Gasteiger charge is -2.07. The van der Waals surface area contributed by atoms with Crippen LogP contribution in [0.5, 0.6) is 0 Å². The first-order chi connectivity index (χ1) is 7.00. The molecule has 1 aromatic carbocycles. The Kier molecular flexibility index (Phi) is 4.24. The molecule has 1 rings (SSSR count). The molecule has 15 heavy (non-hydrogen) atoms. The van der Waals surface area contributed by atoms with Crippen LogP contribution in [-0.2, 0) is 4.74 Å². The fourth-order valence-electron chi connectivity index (χ4n) is 1.03. The predicted octanol–water partition coefficient (Wildman–Crippen LogP) is 3.09. The summed E-state index contributed by atoms with van der Waals surface area (Å²) < 4.78 is 18.0. The number of ether oxygens (including phenoxy) is 1. The van der Waals surface area contributed by atoms with Gasteiger partial charge in [-0.2, -0.15) is 0 Å². The second kappa shape index (κ2) is 5.24. The first kappa shape index (κ1) is 12.1. The number of carbonyl (C=O) groups excluding carboxylic acids is 1. The van der Waals surface area contributed by atoms with E-state index in [4.69, 9.17) is 16.3 Å². The van der Waals surface area contributed by atoms with Crippen molar-refractivity contribution >= 4 is 17.4 Å². The lowest BCUT2D eigenvalue weighted by Crippen LogP contribution is -2.14. The van der Waals surface area contributed by atoms with Gasteiger partial charge in [0.25, 0.3) is 0 Å². The van der Waals surface area contributed by atoms with Gasteiger partial charge in [0.05, 0.1) is 11.1 Å². The van der Waals surface area contributed by atoms with Gasteiger partial charge in [-0.15, -0.1) is 0 Å². The van der Waals surface area contributed by atoms with Crippen molar-refractivity contribution in [1.82, 2.24) is 0 Å². The lowest BCUT2D eigenvalue weighted by molar-refractivity contribution is 0.0584. The van der Waals surface area contributed by atoms with Gasteiger partial charge in [0.1, 0.15) is 12.4 Å². The van der Waals surface area contributed by atoms with Gasteiger partial charge >= 0.3 is 0 Å². The van der Waals surface area contributed by atoms with E-state index in [-0.39, 0.29) is 29.1 Å². The highest BCUT2D eigenvalue weighted by Gasteiger charge is 2.12. The van der Waals surface area contributed by atoms with Crippen LogP contribution >= 0.6 is 11.6 Å². The molecule has 0 heterocycles. The Labute approximate surface area is 93.0 Å². The largest absolute Gasteiger partial charge is 0.371 e. The fraction of sp³-hybridized carbons (Fsp3) is 0.364. The number of halogens is 2. The van der Waals surface area contributed by atoms with E-state index in [2.05, 4.69) is 0 Å².